The number of hydrogen-bond acceptors (Lipinski definition) is 3. The van der Waals surface area contributed by atoms with E-state index in [1.807, 2.05) is 6.20 Å². The van der Waals surface area contributed by atoms with E-state index in [2.05, 4.69) is 10.4 Å². The van der Waals surface area contributed by atoms with Gasteiger partial charge in [0.1, 0.15) is 6.54 Å². The van der Waals surface area contributed by atoms with Gasteiger partial charge in [-0.2, -0.15) is 5.10 Å². The zero-order valence-electron chi connectivity index (χ0n) is 10.9. The molecule has 1 aromatic heterocycles. The van der Waals surface area contributed by atoms with Gasteiger partial charge in [0.15, 0.2) is 0 Å². The molecular weight excluding hydrogens is 248 g/mol. The Hall–Kier alpha value is -2.05. The smallest absolute Gasteiger partial charge is 0.323 e. The number of nitrogens with one attached hydrogen (secondary N) is 1. The lowest BCUT2D eigenvalue weighted by Gasteiger charge is -2.20. The highest BCUT2D eigenvalue weighted by Crippen LogP contribution is 2.29. The summed E-state index contributed by atoms with van der Waals surface area (Å²) in [6.45, 7) is 0.619. The van der Waals surface area contributed by atoms with Crippen molar-refractivity contribution in [3.05, 3.63) is 18.0 Å². The number of aryl methyl sites for hydroxylation is 1. The van der Waals surface area contributed by atoms with Gasteiger partial charge in [0.05, 0.1) is 6.20 Å². The minimum Gasteiger partial charge on any atom is -0.480 e. The molecule has 0 aliphatic heterocycles. The molecule has 19 heavy (non-hydrogen) atoms. The zero-order chi connectivity index (χ0) is 13.8. The minimum absolute atomic E-state index is 0.255. The molecule has 104 valence electrons. The van der Waals surface area contributed by atoms with Gasteiger partial charge < -0.3 is 15.3 Å². The lowest BCUT2D eigenvalue weighted by molar-refractivity contribution is -0.137. The first kappa shape index (κ1) is 13.4. The second-order valence-electron chi connectivity index (χ2n) is 4.90. The van der Waals surface area contributed by atoms with Crippen molar-refractivity contribution in [2.24, 2.45) is 13.0 Å². The molecule has 2 amide bonds. The van der Waals surface area contributed by atoms with Crippen molar-refractivity contribution in [3.8, 4) is 0 Å². The molecule has 0 radical (unpaired) electrons. The number of rotatable bonds is 6. The maximum Gasteiger partial charge on any atom is 0.323 e. The molecule has 1 aliphatic carbocycles. The van der Waals surface area contributed by atoms with Crippen molar-refractivity contribution >= 4 is 12.0 Å². The van der Waals surface area contributed by atoms with E-state index >= 15 is 0 Å². The number of nitrogens with zero attached hydrogens (tertiary/aromatic N) is 3. The number of carbonyl (C=O) groups excluding carboxylic acids is 1. The van der Waals surface area contributed by atoms with E-state index in [4.69, 9.17) is 5.11 Å². The minimum atomic E-state index is -0.989. The van der Waals surface area contributed by atoms with Gasteiger partial charge in [0, 0.05) is 31.9 Å². The third kappa shape index (κ3) is 4.27. The molecule has 1 aliphatic rings. The van der Waals surface area contributed by atoms with E-state index in [0.29, 0.717) is 19.0 Å². The van der Waals surface area contributed by atoms with Crippen molar-refractivity contribution in [2.45, 2.75) is 19.4 Å². The van der Waals surface area contributed by atoms with E-state index in [0.717, 1.165) is 18.4 Å². The van der Waals surface area contributed by atoms with Crippen molar-refractivity contribution in [1.29, 1.82) is 0 Å². The highest BCUT2D eigenvalue weighted by atomic mass is 16.4. The normalized spacial score (nSPS) is 14.2. The topological polar surface area (TPSA) is 87.5 Å². The number of urea groups is 1. The fourth-order valence-corrected chi connectivity index (χ4v) is 1.85. The van der Waals surface area contributed by atoms with E-state index < -0.39 is 5.97 Å². The van der Waals surface area contributed by atoms with E-state index in [-0.39, 0.29) is 12.6 Å². The summed E-state index contributed by atoms with van der Waals surface area (Å²) < 4.78 is 1.65. The number of aliphatic carboxylic acids is 1. The second kappa shape index (κ2) is 5.73. The van der Waals surface area contributed by atoms with Crippen LogP contribution in [0.4, 0.5) is 4.79 Å². The Balaban J connectivity index is 1.85. The van der Waals surface area contributed by atoms with Crippen LogP contribution in [0.2, 0.25) is 0 Å². The number of carboxylic acid groups (broad SMARTS) is 1. The molecule has 0 aromatic carbocycles. The Morgan fingerprint density at radius 2 is 2.32 bits per heavy atom. The summed E-state index contributed by atoms with van der Waals surface area (Å²) >= 11 is 0. The van der Waals surface area contributed by atoms with Crippen LogP contribution in [0.25, 0.3) is 0 Å². The molecule has 7 heteroatoms. The molecular formula is C12H18N4O3. The SMILES string of the molecule is Cn1cc(CNC(=O)N(CC(=O)O)CC2CC2)cn1. The van der Waals surface area contributed by atoms with Crippen LogP contribution in [0.3, 0.4) is 0 Å². The predicted octanol–water partition coefficient (Wildman–Crippen LogP) is 0.426. The second-order valence-corrected chi connectivity index (χ2v) is 4.90. The maximum absolute atomic E-state index is 11.9. The van der Waals surface area contributed by atoms with Crippen LogP contribution in [0.1, 0.15) is 18.4 Å². The van der Waals surface area contributed by atoms with Crippen molar-refractivity contribution in [1.82, 2.24) is 20.0 Å². The summed E-state index contributed by atoms with van der Waals surface area (Å²) in [5.74, 6) is -0.527. The van der Waals surface area contributed by atoms with Crippen LogP contribution in [0, 0.1) is 5.92 Å². The first-order valence-electron chi connectivity index (χ1n) is 6.26. The number of aromatic nitrogens is 2. The highest BCUT2D eigenvalue weighted by molar-refractivity contribution is 5.80. The summed E-state index contributed by atoms with van der Waals surface area (Å²) in [5, 5.41) is 15.5. The third-order valence-corrected chi connectivity index (χ3v) is 2.99. The molecule has 0 atom stereocenters. The van der Waals surface area contributed by atoms with Gasteiger partial charge in [-0.15, -0.1) is 0 Å². The van der Waals surface area contributed by atoms with Gasteiger partial charge in [0.2, 0.25) is 0 Å². The lowest BCUT2D eigenvalue weighted by atomic mass is 10.3. The van der Waals surface area contributed by atoms with Gasteiger partial charge in [-0.05, 0) is 18.8 Å². The monoisotopic (exact) mass is 266 g/mol. The largest absolute Gasteiger partial charge is 0.480 e. The standard InChI is InChI=1S/C12H18N4O3/c1-15-6-10(5-14-15)4-13-12(19)16(8-11(17)18)7-9-2-3-9/h5-6,9H,2-4,7-8H2,1H3,(H,13,19)(H,17,18). The first-order valence-corrected chi connectivity index (χ1v) is 6.26. The van der Waals surface area contributed by atoms with Crippen molar-refractivity contribution in [2.75, 3.05) is 13.1 Å². The summed E-state index contributed by atoms with van der Waals surface area (Å²) in [5.41, 5.74) is 0.887. The molecule has 0 unspecified atom stereocenters. The molecule has 0 bridgehead atoms. The first-order chi connectivity index (χ1) is 9.04. The Morgan fingerprint density at radius 3 is 2.84 bits per heavy atom. The Bertz CT molecular complexity index is 467. The summed E-state index contributed by atoms with van der Waals surface area (Å²) in [6.07, 6.45) is 5.63. The van der Waals surface area contributed by atoms with Crippen LogP contribution in [-0.4, -0.2) is 44.9 Å². The molecule has 1 heterocycles. The maximum atomic E-state index is 11.9. The molecule has 0 spiro atoms. The van der Waals surface area contributed by atoms with Gasteiger partial charge in [-0.1, -0.05) is 0 Å². The van der Waals surface area contributed by atoms with Crippen LogP contribution >= 0.6 is 0 Å². The Labute approximate surface area is 111 Å². The van der Waals surface area contributed by atoms with E-state index in [9.17, 15) is 9.59 Å². The number of carbonyl (C=O) groups is 2. The molecule has 1 fully saturated rings. The van der Waals surface area contributed by atoms with Crippen LogP contribution in [0.5, 0.6) is 0 Å². The molecule has 1 aromatic rings. The van der Waals surface area contributed by atoms with Crippen LogP contribution in [-0.2, 0) is 18.4 Å². The van der Waals surface area contributed by atoms with Gasteiger partial charge >= 0.3 is 12.0 Å². The Kier molecular flexibility index (Phi) is 4.03. The van der Waals surface area contributed by atoms with Crippen LogP contribution < -0.4 is 5.32 Å². The molecule has 1 saturated carbocycles. The van der Waals surface area contributed by atoms with Crippen molar-refractivity contribution in [3.63, 3.8) is 0 Å². The number of hydrogen-bond donors (Lipinski definition) is 2. The quantitative estimate of drug-likeness (QED) is 0.781. The van der Waals surface area contributed by atoms with Gasteiger partial charge in [-0.25, -0.2) is 4.79 Å². The summed E-state index contributed by atoms with van der Waals surface area (Å²) in [7, 11) is 1.80. The number of amides is 2. The van der Waals surface area contributed by atoms with E-state index in [1.165, 1.54) is 4.90 Å². The third-order valence-electron chi connectivity index (χ3n) is 2.99. The summed E-state index contributed by atoms with van der Waals surface area (Å²) in [4.78, 5) is 24.1. The lowest BCUT2D eigenvalue weighted by Crippen LogP contribution is -2.43. The van der Waals surface area contributed by atoms with Crippen LogP contribution in [0.15, 0.2) is 12.4 Å². The molecule has 2 N–H and O–H groups in total. The molecule has 2 rings (SSSR count). The predicted molar refractivity (Wildman–Crippen MR) is 67.4 cm³/mol. The summed E-state index contributed by atoms with van der Waals surface area (Å²) in [6, 6.07) is -0.335. The van der Waals surface area contributed by atoms with Crippen molar-refractivity contribution < 1.29 is 14.7 Å². The molecule has 7 nitrogen and oxygen atoms in total. The average Bonchev–Trinajstić information content (AvgIpc) is 3.06. The highest BCUT2D eigenvalue weighted by Gasteiger charge is 2.27. The van der Waals surface area contributed by atoms with E-state index in [1.54, 1.807) is 17.9 Å². The van der Waals surface area contributed by atoms with Gasteiger partial charge in [0.25, 0.3) is 0 Å². The molecule has 0 saturated heterocycles. The number of carboxylic acids is 1. The fraction of sp³-hybridized carbons (Fsp3) is 0.583. The average molecular weight is 266 g/mol. The van der Waals surface area contributed by atoms with Gasteiger partial charge in [-0.3, -0.25) is 9.48 Å². The zero-order valence-corrected chi connectivity index (χ0v) is 10.9. The Morgan fingerprint density at radius 1 is 1.58 bits per heavy atom. The fourth-order valence-electron chi connectivity index (χ4n) is 1.85.